The molecule has 5 heteroatoms. The van der Waals surface area contributed by atoms with Gasteiger partial charge < -0.3 is 4.74 Å². The van der Waals surface area contributed by atoms with Crippen molar-refractivity contribution >= 4 is 5.97 Å². The Balaban J connectivity index is 2.36. The molecule has 0 heterocycles. The van der Waals surface area contributed by atoms with Crippen LogP contribution >= 0.6 is 0 Å². The third-order valence-corrected chi connectivity index (χ3v) is 3.88. The number of ether oxygens (including phenoxy) is 1. The summed E-state index contributed by atoms with van der Waals surface area (Å²) in [5.41, 5.74) is -0.999. The third-order valence-electron chi connectivity index (χ3n) is 3.88. The molecule has 20 heavy (non-hydrogen) atoms. The monoisotopic (exact) mass is 283 g/mol. The fraction of sp³-hybridized carbons (Fsp3) is 0.533. The summed E-state index contributed by atoms with van der Waals surface area (Å²) in [7, 11) is 1.27. The van der Waals surface area contributed by atoms with E-state index in [0.29, 0.717) is 0 Å². The molecule has 1 N–H and O–H groups in total. The molecule has 0 bridgehead atoms. The van der Waals surface area contributed by atoms with Crippen LogP contribution in [0.2, 0.25) is 0 Å². The lowest BCUT2D eigenvalue weighted by atomic mass is 9.90. The van der Waals surface area contributed by atoms with Crippen LogP contribution < -0.4 is 5.32 Å². The molecule has 0 aromatic heterocycles. The second-order valence-corrected chi connectivity index (χ2v) is 5.40. The molecular formula is C15H19F2NO2. The minimum atomic E-state index is -1.24. The van der Waals surface area contributed by atoms with E-state index in [1.807, 2.05) is 0 Å². The van der Waals surface area contributed by atoms with Gasteiger partial charge in [-0.15, -0.1) is 0 Å². The van der Waals surface area contributed by atoms with E-state index in [0.717, 1.165) is 31.7 Å². The molecule has 1 aliphatic rings. The summed E-state index contributed by atoms with van der Waals surface area (Å²) >= 11 is 0. The van der Waals surface area contributed by atoms with Crippen molar-refractivity contribution in [2.24, 2.45) is 0 Å². The highest BCUT2D eigenvalue weighted by atomic mass is 19.1. The molecular weight excluding hydrogens is 264 g/mol. The Labute approximate surface area is 117 Å². The van der Waals surface area contributed by atoms with E-state index in [9.17, 15) is 13.6 Å². The van der Waals surface area contributed by atoms with Gasteiger partial charge in [0.2, 0.25) is 0 Å². The van der Waals surface area contributed by atoms with E-state index in [1.165, 1.54) is 19.2 Å². The summed E-state index contributed by atoms with van der Waals surface area (Å²) < 4.78 is 31.7. The number of carbonyl (C=O) groups excluding carboxylic acids is 1. The van der Waals surface area contributed by atoms with Crippen molar-refractivity contribution in [3.63, 3.8) is 0 Å². The van der Waals surface area contributed by atoms with Gasteiger partial charge in [-0.3, -0.25) is 5.32 Å². The number of nitrogens with one attached hydrogen (secondary N) is 1. The van der Waals surface area contributed by atoms with Gasteiger partial charge in [0.1, 0.15) is 17.2 Å². The zero-order valence-corrected chi connectivity index (χ0v) is 11.7. The molecule has 0 spiro atoms. The molecule has 1 aliphatic carbocycles. The molecule has 0 amide bonds. The highest BCUT2D eigenvalue weighted by molar-refractivity contribution is 5.82. The molecule has 3 nitrogen and oxygen atoms in total. The molecule has 1 unspecified atom stereocenters. The van der Waals surface area contributed by atoms with Crippen molar-refractivity contribution in [3.05, 3.63) is 35.4 Å². The van der Waals surface area contributed by atoms with E-state index in [1.54, 1.807) is 6.92 Å². The number of esters is 1. The smallest absolute Gasteiger partial charge is 0.330 e. The second kappa shape index (κ2) is 5.87. The molecule has 110 valence electrons. The Hall–Kier alpha value is -1.49. The minimum absolute atomic E-state index is 0.158. The molecule has 0 aliphatic heterocycles. The first-order valence-electron chi connectivity index (χ1n) is 6.78. The van der Waals surface area contributed by atoms with Crippen molar-refractivity contribution in [1.82, 2.24) is 5.32 Å². The highest BCUT2D eigenvalue weighted by Gasteiger charge is 2.39. The van der Waals surface area contributed by atoms with Crippen LogP contribution in [-0.2, 0) is 15.1 Å². The number of benzene rings is 1. The quantitative estimate of drug-likeness (QED) is 0.864. The van der Waals surface area contributed by atoms with E-state index < -0.39 is 23.1 Å². The van der Waals surface area contributed by atoms with Gasteiger partial charge in [-0.25, -0.2) is 13.6 Å². The highest BCUT2D eigenvalue weighted by Crippen LogP contribution is 2.28. The van der Waals surface area contributed by atoms with Gasteiger partial charge in [0.15, 0.2) is 0 Å². The number of carbonyl (C=O) groups is 1. The van der Waals surface area contributed by atoms with Gasteiger partial charge in [0.05, 0.1) is 7.11 Å². The van der Waals surface area contributed by atoms with Crippen molar-refractivity contribution in [1.29, 1.82) is 0 Å². The zero-order valence-electron chi connectivity index (χ0n) is 11.7. The van der Waals surface area contributed by atoms with E-state index in [2.05, 4.69) is 5.32 Å². The summed E-state index contributed by atoms with van der Waals surface area (Å²) in [4.78, 5) is 12.1. The van der Waals surface area contributed by atoms with Gasteiger partial charge >= 0.3 is 5.97 Å². The topological polar surface area (TPSA) is 38.3 Å². The van der Waals surface area contributed by atoms with Crippen LogP contribution in [0.3, 0.4) is 0 Å². The first kappa shape index (κ1) is 14.9. The average molecular weight is 283 g/mol. The molecule has 1 atom stereocenters. The number of hydrogen-bond donors (Lipinski definition) is 1. The minimum Gasteiger partial charge on any atom is -0.467 e. The third kappa shape index (κ3) is 2.98. The summed E-state index contributed by atoms with van der Waals surface area (Å²) in [6.45, 7) is 1.60. The standard InChI is InChI=1S/C15H19F2NO2/c1-15(14(19)20-2,18-13-5-3-4-6-13)10-7-11(16)9-12(17)8-10/h7-9,13,18H,3-6H2,1-2H3. The van der Waals surface area contributed by atoms with Crippen LogP contribution in [0.25, 0.3) is 0 Å². The Morgan fingerprint density at radius 3 is 2.30 bits per heavy atom. The Kier molecular flexibility index (Phi) is 4.38. The van der Waals surface area contributed by atoms with Crippen LogP contribution in [0.4, 0.5) is 8.78 Å². The van der Waals surface area contributed by atoms with Gasteiger partial charge in [-0.1, -0.05) is 12.8 Å². The molecule has 0 saturated heterocycles. The van der Waals surface area contributed by atoms with E-state index >= 15 is 0 Å². The van der Waals surface area contributed by atoms with Crippen LogP contribution in [0.15, 0.2) is 18.2 Å². The maximum absolute atomic E-state index is 13.4. The van der Waals surface area contributed by atoms with Crippen molar-refractivity contribution in [2.75, 3.05) is 7.11 Å². The van der Waals surface area contributed by atoms with Gasteiger partial charge in [-0.2, -0.15) is 0 Å². The van der Waals surface area contributed by atoms with Gasteiger partial charge in [-0.05, 0) is 37.5 Å². The SMILES string of the molecule is COC(=O)C(C)(NC1CCCC1)c1cc(F)cc(F)c1. The number of rotatable bonds is 4. The molecule has 1 saturated carbocycles. The summed E-state index contributed by atoms with van der Waals surface area (Å²) in [6, 6.07) is 3.28. The largest absolute Gasteiger partial charge is 0.467 e. The fourth-order valence-corrected chi connectivity index (χ4v) is 2.79. The fourth-order valence-electron chi connectivity index (χ4n) is 2.79. The lowest BCUT2D eigenvalue weighted by molar-refractivity contribution is -0.148. The maximum Gasteiger partial charge on any atom is 0.330 e. The molecule has 1 aromatic carbocycles. The molecule has 0 radical (unpaired) electrons. The average Bonchev–Trinajstić information content (AvgIpc) is 2.89. The predicted octanol–water partition coefficient (Wildman–Crippen LogP) is 2.89. The Morgan fingerprint density at radius 2 is 1.80 bits per heavy atom. The van der Waals surface area contributed by atoms with Crippen molar-refractivity contribution in [2.45, 2.75) is 44.2 Å². The maximum atomic E-state index is 13.4. The number of halogens is 2. The van der Waals surface area contributed by atoms with Crippen molar-refractivity contribution < 1.29 is 18.3 Å². The lowest BCUT2D eigenvalue weighted by Crippen LogP contribution is -2.51. The predicted molar refractivity (Wildman–Crippen MR) is 71.1 cm³/mol. The second-order valence-electron chi connectivity index (χ2n) is 5.40. The van der Waals surface area contributed by atoms with Crippen LogP contribution in [0.5, 0.6) is 0 Å². The Morgan fingerprint density at radius 1 is 1.25 bits per heavy atom. The van der Waals surface area contributed by atoms with Gasteiger partial charge in [0, 0.05) is 12.1 Å². The molecule has 2 rings (SSSR count). The van der Waals surface area contributed by atoms with Crippen LogP contribution in [0.1, 0.15) is 38.2 Å². The Bertz CT molecular complexity index is 480. The summed E-state index contributed by atoms with van der Waals surface area (Å²) in [6.07, 6.45) is 4.08. The zero-order chi connectivity index (χ0) is 14.8. The molecule has 1 fully saturated rings. The molecule has 1 aromatic rings. The van der Waals surface area contributed by atoms with Crippen molar-refractivity contribution in [3.8, 4) is 0 Å². The summed E-state index contributed by atoms with van der Waals surface area (Å²) in [5, 5.41) is 3.21. The van der Waals surface area contributed by atoms with Crippen LogP contribution in [-0.4, -0.2) is 19.1 Å². The first-order valence-corrected chi connectivity index (χ1v) is 6.78. The van der Waals surface area contributed by atoms with Gasteiger partial charge in [0.25, 0.3) is 0 Å². The summed E-state index contributed by atoms with van der Waals surface area (Å²) in [5.74, 6) is -1.96. The number of methoxy groups -OCH3 is 1. The normalized spacial score (nSPS) is 18.8. The van der Waals surface area contributed by atoms with E-state index in [4.69, 9.17) is 4.74 Å². The van der Waals surface area contributed by atoms with E-state index in [-0.39, 0.29) is 11.6 Å². The first-order chi connectivity index (χ1) is 9.45. The lowest BCUT2D eigenvalue weighted by Gasteiger charge is -2.31. The number of hydrogen-bond acceptors (Lipinski definition) is 3. The van der Waals surface area contributed by atoms with Crippen LogP contribution in [0, 0.1) is 11.6 Å².